The summed E-state index contributed by atoms with van der Waals surface area (Å²) in [5.74, 6) is 4.25. The van der Waals surface area contributed by atoms with Crippen LogP contribution >= 0.6 is 0 Å². The summed E-state index contributed by atoms with van der Waals surface area (Å²) >= 11 is 0. The summed E-state index contributed by atoms with van der Waals surface area (Å²) in [5, 5.41) is 0. The van der Waals surface area contributed by atoms with Gasteiger partial charge in [-0.25, -0.2) is 9.97 Å². The van der Waals surface area contributed by atoms with Gasteiger partial charge in [-0.05, 0) is 36.8 Å². The van der Waals surface area contributed by atoms with Crippen molar-refractivity contribution in [1.29, 1.82) is 0 Å². The highest BCUT2D eigenvalue weighted by molar-refractivity contribution is 5.44. The Balaban J connectivity index is 1.52. The quantitative estimate of drug-likeness (QED) is 0.448. The van der Waals surface area contributed by atoms with E-state index in [2.05, 4.69) is 15.9 Å². The smallest absolute Gasteiger partial charge is 0.260 e. The summed E-state index contributed by atoms with van der Waals surface area (Å²) in [4.78, 5) is 20.8. The fraction of sp³-hybridized carbons (Fsp3) is 0.125. The maximum absolute atomic E-state index is 12.3. The van der Waals surface area contributed by atoms with Gasteiger partial charge in [0, 0.05) is 23.4 Å². The van der Waals surface area contributed by atoms with Crippen molar-refractivity contribution in [3.05, 3.63) is 88.1 Å². The molecule has 0 aliphatic carbocycles. The van der Waals surface area contributed by atoms with Crippen molar-refractivity contribution in [3.8, 4) is 35.5 Å². The second kappa shape index (κ2) is 8.59. The lowest BCUT2D eigenvalue weighted by Gasteiger charge is -2.12. The summed E-state index contributed by atoms with van der Waals surface area (Å²) in [6.07, 6.45) is 10.0. The van der Waals surface area contributed by atoms with Gasteiger partial charge in [0.15, 0.2) is 5.75 Å². The van der Waals surface area contributed by atoms with Gasteiger partial charge in [0.1, 0.15) is 23.8 Å². The summed E-state index contributed by atoms with van der Waals surface area (Å²) in [6, 6.07) is 12.6. The average Bonchev–Trinajstić information content (AvgIpc) is 2.81. The molecule has 0 radical (unpaired) electrons. The second-order valence-electron chi connectivity index (χ2n) is 6.75. The zero-order valence-electron chi connectivity index (χ0n) is 17.0. The number of pyridine rings is 2. The van der Waals surface area contributed by atoms with E-state index >= 15 is 0 Å². The van der Waals surface area contributed by atoms with Crippen LogP contribution in [0.3, 0.4) is 0 Å². The van der Waals surface area contributed by atoms with Crippen molar-refractivity contribution in [3.63, 3.8) is 0 Å². The minimum atomic E-state index is -0.148. The van der Waals surface area contributed by atoms with E-state index in [1.54, 1.807) is 37.5 Å². The monoisotopic (exact) mass is 413 g/mol. The lowest BCUT2D eigenvalue weighted by atomic mass is 10.1. The molecular weight excluding hydrogens is 394 g/mol. The third-order valence-electron chi connectivity index (χ3n) is 4.59. The second-order valence-corrected chi connectivity index (χ2v) is 6.75. The standard InChI is InChI=1S/C24H19N3O4/c1-4-17-5-7-18(8-6-17)15-30-23-21(29-3)11-20(13-26-23)31-19-9-10-22-25-12-16(2)24(28)27(22)14-19/h1,5-14H,15H2,2-3H3. The predicted molar refractivity (Wildman–Crippen MR) is 116 cm³/mol. The number of methoxy groups -OCH3 is 1. The summed E-state index contributed by atoms with van der Waals surface area (Å²) < 4.78 is 18.5. The molecule has 1 aromatic carbocycles. The zero-order chi connectivity index (χ0) is 21.8. The first-order chi connectivity index (χ1) is 15.1. The van der Waals surface area contributed by atoms with E-state index in [9.17, 15) is 4.79 Å². The maximum Gasteiger partial charge on any atom is 0.260 e. The summed E-state index contributed by atoms with van der Waals surface area (Å²) in [6.45, 7) is 2.03. The van der Waals surface area contributed by atoms with E-state index < -0.39 is 0 Å². The molecule has 0 aliphatic rings. The van der Waals surface area contributed by atoms with Crippen LogP contribution in [0.15, 0.2) is 65.8 Å². The normalized spacial score (nSPS) is 10.5. The zero-order valence-corrected chi connectivity index (χ0v) is 17.0. The Labute approximate surface area is 178 Å². The van der Waals surface area contributed by atoms with E-state index in [1.807, 2.05) is 24.3 Å². The van der Waals surface area contributed by atoms with Crippen molar-refractivity contribution >= 4 is 5.65 Å². The number of rotatable bonds is 6. The minimum absolute atomic E-state index is 0.148. The molecule has 7 nitrogen and oxygen atoms in total. The molecular formula is C24H19N3O4. The van der Waals surface area contributed by atoms with E-state index in [4.69, 9.17) is 20.6 Å². The lowest BCUT2D eigenvalue weighted by Crippen LogP contribution is -2.16. The third-order valence-corrected chi connectivity index (χ3v) is 4.59. The predicted octanol–water partition coefficient (Wildman–Crippen LogP) is 3.76. The third kappa shape index (κ3) is 4.33. The number of aromatic nitrogens is 3. The van der Waals surface area contributed by atoms with E-state index in [1.165, 1.54) is 17.7 Å². The van der Waals surface area contributed by atoms with Crippen LogP contribution in [-0.2, 0) is 6.61 Å². The molecule has 31 heavy (non-hydrogen) atoms. The Hall–Kier alpha value is -4.31. The van der Waals surface area contributed by atoms with Crippen molar-refractivity contribution in [2.24, 2.45) is 0 Å². The summed E-state index contributed by atoms with van der Waals surface area (Å²) in [5.41, 5.74) is 2.70. The van der Waals surface area contributed by atoms with Crippen molar-refractivity contribution < 1.29 is 14.2 Å². The Morgan fingerprint density at radius 3 is 2.61 bits per heavy atom. The van der Waals surface area contributed by atoms with Crippen molar-refractivity contribution in [1.82, 2.24) is 14.4 Å². The Bertz CT molecular complexity index is 1340. The SMILES string of the molecule is C#Cc1ccc(COc2ncc(Oc3ccc4ncc(C)c(=O)n4c3)cc2OC)cc1. The number of fused-ring (bicyclic) bond motifs is 1. The van der Waals surface area contributed by atoms with Gasteiger partial charge < -0.3 is 14.2 Å². The van der Waals surface area contributed by atoms with Crippen LogP contribution < -0.4 is 19.8 Å². The summed E-state index contributed by atoms with van der Waals surface area (Å²) in [7, 11) is 1.53. The average molecular weight is 413 g/mol. The molecule has 0 saturated heterocycles. The fourth-order valence-corrected chi connectivity index (χ4v) is 2.92. The molecule has 3 heterocycles. The van der Waals surface area contributed by atoms with E-state index in [-0.39, 0.29) is 5.56 Å². The molecule has 0 spiro atoms. The van der Waals surface area contributed by atoms with Gasteiger partial charge in [-0.1, -0.05) is 18.1 Å². The first kappa shape index (κ1) is 20.0. The van der Waals surface area contributed by atoms with Crippen molar-refractivity contribution in [2.45, 2.75) is 13.5 Å². The van der Waals surface area contributed by atoms with Crippen LogP contribution in [0.2, 0.25) is 0 Å². The van der Waals surface area contributed by atoms with Gasteiger partial charge >= 0.3 is 0 Å². The maximum atomic E-state index is 12.3. The molecule has 154 valence electrons. The van der Waals surface area contributed by atoms with E-state index in [0.717, 1.165) is 11.1 Å². The van der Waals surface area contributed by atoms with E-state index in [0.29, 0.717) is 40.9 Å². The highest BCUT2D eigenvalue weighted by Crippen LogP contribution is 2.31. The number of benzene rings is 1. The minimum Gasteiger partial charge on any atom is -0.491 e. The van der Waals surface area contributed by atoms with Gasteiger partial charge in [-0.2, -0.15) is 0 Å². The van der Waals surface area contributed by atoms with Gasteiger partial charge in [0.2, 0.25) is 0 Å². The van der Waals surface area contributed by atoms with Crippen LogP contribution in [0, 0.1) is 19.3 Å². The largest absolute Gasteiger partial charge is 0.491 e. The first-order valence-corrected chi connectivity index (χ1v) is 9.45. The van der Waals surface area contributed by atoms with Gasteiger partial charge in [0.05, 0.1) is 19.5 Å². The lowest BCUT2D eigenvalue weighted by molar-refractivity contribution is 0.271. The molecule has 0 atom stereocenters. The number of terminal acetylenes is 1. The Kier molecular flexibility index (Phi) is 5.54. The molecule has 4 aromatic rings. The molecule has 0 amide bonds. The molecule has 0 N–H and O–H groups in total. The first-order valence-electron chi connectivity index (χ1n) is 9.45. The fourth-order valence-electron chi connectivity index (χ4n) is 2.92. The molecule has 4 rings (SSSR count). The van der Waals surface area contributed by atoms with Crippen molar-refractivity contribution in [2.75, 3.05) is 7.11 Å². The Morgan fingerprint density at radius 1 is 1.06 bits per heavy atom. The van der Waals surface area contributed by atoms with Gasteiger partial charge in [-0.3, -0.25) is 9.20 Å². The molecule has 0 bridgehead atoms. The number of ether oxygens (including phenoxy) is 3. The number of nitrogens with zero attached hydrogens (tertiary/aromatic N) is 3. The van der Waals surface area contributed by atoms with Crippen LogP contribution in [0.5, 0.6) is 23.1 Å². The van der Waals surface area contributed by atoms with Gasteiger partial charge in [-0.15, -0.1) is 6.42 Å². The Morgan fingerprint density at radius 2 is 1.87 bits per heavy atom. The van der Waals surface area contributed by atoms with Crippen LogP contribution in [0.25, 0.3) is 5.65 Å². The highest BCUT2D eigenvalue weighted by Gasteiger charge is 2.11. The van der Waals surface area contributed by atoms with Gasteiger partial charge in [0.25, 0.3) is 11.4 Å². The number of aryl methyl sites for hydroxylation is 1. The molecule has 0 fully saturated rings. The molecule has 3 aromatic heterocycles. The highest BCUT2D eigenvalue weighted by atomic mass is 16.5. The topological polar surface area (TPSA) is 75.0 Å². The number of hydrogen-bond acceptors (Lipinski definition) is 6. The molecule has 0 saturated carbocycles. The number of hydrogen-bond donors (Lipinski definition) is 0. The molecule has 7 heteroatoms. The van der Waals surface area contributed by atoms with Crippen LogP contribution in [0.4, 0.5) is 0 Å². The molecule has 0 unspecified atom stereocenters. The van der Waals surface area contributed by atoms with Crippen LogP contribution in [0.1, 0.15) is 16.7 Å². The molecule has 0 aliphatic heterocycles. The van der Waals surface area contributed by atoms with Crippen LogP contribution in [-0.4, -0.2) is 21.5 Å².